The Bertz CT molecular complexity index is 1760. The summed E-state index contributed by atoms with van der Waals surface area (Å²) in [7, 11) is 0. The van der Waals surface area contributed by atoms with Crippen LogP contribution in [-0.4, -0.2) is 23.0 Å². The van der Waals surface area contributed by atoms with Gasteiger partial charge in [0.2, 0.25) is 11.8 Å². The highest BCUT2D eigenvalue weighted by Gasteiger charge is 2.68. The molecule has 1 heterocycles. The van der Waals surface area contributed by atoms with Crippen molar-refractivity contribution in [3.05, 3.63) is 133 Å². The SMILES string of the molecule is O=C1[C@@H]2C3c4ccccc4C(C=Nc4cccc(Cl)c4Cl)(c4ccccc43)[C@H]2C(=O)N1c1ccccc1[N+](=O)[O-]. The Balaban J connectivity index is 1.52. The van der Waals surface area contributed by atoms with Crippen LogP contribution in [-0.2, 0) is 15.0 Å². The van der Waals surface area contributed by atoms with E-state index in [0.29, 0.717) is 10.7 Å². The predicted octanol–water partition coefficient (Wildman–Crippen LogP) is 6.85. The summed E-state index contributed by atoms with van der Waals surface area (Å²) in [5.74, 6) is -3.01. The molecule has 0 aromatic heterocycles. The molecule has 0 N–H and O–H groups in total. The van der Waals surface area contributed by atoms with E-state index in [0.717, 1.165) is 27.2 Å². The first kappa shape index (κ1) is 24.7. The van der Waals surface area contributed by atoms with Crippen LogP contribution in [0.15, 0.2) is 96.0 Å². The van der Waals surface area contributed by atoms with Crippen molar-refractivity contribution in [3.63, 3.8) is 0 Å². The van der Waals surface area contributed by atoms with E-state index in [1.807, 2.05) is 48.5 Å². The summed E-state index contributed by atoms with van der Waals surface area (Å²) in [6.45, 7) is 0. The maximum absolute atomic E-state index is 14.4. The molecule has 2 bridgehead atoms. The van der Waals surface area contributed by atoms with E-state index >= 15 is 0 Å². The monoisotopic (exact) mass is 567 g/mol. The van der Waals surface area contributed by atoms with Crippen LogP contribution in [0.2, 0.25) is 10.0 Å². The lowest BCUT2D eigenvalue weighted by Crippen LogP contribution is -2.54. The molecule has 1 saturated heterocycles. The zero-order chi connectivity index (χ0) is 27.8. The van der Waals surface area contributed by atoms with E-state index in [2.05, 4.69) is 0 Å². The minimum Gasteiger partial charge on any atom is -0.274 e. The van der Waals surface area contributed by atoms with Gasteiger partial charge in [0, 0.05) is 18.2 Å². The summed E-state index contributed by atoms with van der Waals surface area (Å²) in [4.78, 5) is 45.8. The van der Waals surface area contributed by atoms with E-state index in [-0.39, 0.29) is 16.4 Å². The zero-order valence-electron chi connectivity index (χ0n) is 20.7. The largest absolute Gasteiger partial charge is 0.293 e. The predicted molar refractivity (Wildman–Crippen MR) is 153 cm³/mol. The number of hydrogen-bond acceptors (Lipinski definition) is 5. The molecule has 3 aliphatic carbocycles. The van der Waals surface area contributed by atoms with Crippen molar-refractivity contribution >= 4 is 58.3 Å². The van der Waals surface area contributed by atoms with Crippen molar-refractivity contribution < 1.29 is 14.5 Å². The van der Waals surface area contributed by atoms with E-state index in [9.17, 15) is 19.7 Å². The summed E-state index contributed by atoms with van der Waals surface area (Å²) in [6.07, 6.45) is 1.71. The highest BCUT2D eigenvalue weighted by Crippen LogP contribution is 2.64. The number of nitrogens with zero attached hydrogens (tertiary/aromatic N) is 3. The Morgan fingerprint density at radius 1 is 0.825 bits per heavy atom. The number of halogens is 2. The normalized spacial score (nSPS) is 24.2. The van der Waals surface area contributed by atoms with Gasteiger partial charge in [0.15, 0.2) is 0 Å². The highest BCUT2D eigenvalue weighted by molar-refractivity contribution is 6.43. The minimum absolute atomic E-state index is 0.0330. The van der Waals surface area contributed by atoms with Crippen molar-refractivity contribution in [1.82, 2.24) is 0 Å². The van der Waals surface area contributed by atoms with Crippen LogP contribution in [0.3, 0.4) is 0 Å². The van der Waals surface area contributed by atoms with E-state index < -0.39 is 39.9 Å². The van der Waals surface area contributed by atoms with Crippen LogP contribution in [0.4, 0.5) is 17.1 Å². The molecule has 196 valence electrons. The molecule has 0 unspecified atom stereocenters. The molecule has 2 atom stereocenters. The molecule has 4 aromatic rings. The number of carbonyl (C=O) groups is 2. The molecule has 40 heavy (non-hydrogen) atoms. The van der Waals surface area contributed by atoms with E-state index in [1.165, 1.54) is 18.2 Å². The van der Waals surface area contributed by atoms with Gasteiger partial charge in [0.1, 0.15) is 5.69 Å². The number of imide groups is 1. The highest BCUT2D eigenvalue weighted by atomic mass is 35.5. The molecule has 7 nitrogen and oxygen atoms in total. The molecule has 8 rings (SSSR count). The Hall–Kier alpha value is -4.33. The van der Waals surface area contributed by atoms with Crippen molar-refractivity contribution in [2.75, 3.05) is 4.90 Å². The van der Waals surface area contributed by atoms with Crippen molar-refractivity contribution in [2.24, 2.45) is 16.8 Å². The summed E-state index contributed by atoms with van der Waals surface area (Å²) >= 11 is 12.8. The van der Waals surface area contributed by atoms with Gasteiger partial charge >= 0.3 is 0 Å². The third-order valence-corrected chi connectivity index (χ3v) is 9.15. The lowest BCUT2D eigenvalue weighted by molar-refractivity contribution is -0.384. The smallest absolute Gasteiger partial charge is 0.274 e. The van der Waals surface area contributed by atoms with Gasteiger partial charge in [-0.3, -0.25) is 24.7 Å². The molecule has 0 saturated carbocycles. The quantitative estimate of drug-likeness (QED) is 0.116. The number of rotatable bonds is 4. The van der Waals surface area contributed by atoms with Gasteiger partial charge in [-0.15, -0.1) is 0 Å². The van der Waals surface area contributed by atoms with E-state index in [4.69, 9.17) is 28.2 Å². The fourth-order valence-corrected chi connectivity index (χ4v) is 7.20. The number of carbonyl (C=O) groups excluding carboxylic acids is 2. The van der Waals surface area contributed by atoms with Gasteiger partial charge in [-0.05, 0) is 40.5 Å². The standard InChI is InChI=1S/C31H19Cl2N3O4/c32-21-12-7-13-22(28(21)33)34-16-31-19-10-3-1-8-17(19)25(18-9-2-4-11-20(18)31)26-27(31)30(38)35(29(26)37)23-14-5-6-15-24(23)36(39)40/h1-16,25-27H/t25?,26-,27-,31?/m1/s1. The number of amides is 2. The van der Waals surface area contributed by atoms with Crippen molar-refractivity contribution in [1.29, 1.82) is 0 Å². The van der Waals surface area contributed by atoms with Crippen LogP contribution in [0, 0.1) is 22.0 Å². The molecular weight excluding hydrogens is 549 g/mol. The van der Waals surface area contributed by atoms with Gasteiger partial charge in [-0.2, -0.15) is 0 Å². The molecule has 1 aliphatic heterocycles. The second-order valence-electron chi connectivity index (χ2n) is 10.1. The molecule has 4 aliphatic rings. The number of para-hydroxylation sites is 2. The van der Waals surface area contributed by atoms with Crippen molar-refractivity contribution in [2.45, 2.75) is 11.3 Å². The zero-order valence-corrected chi connectivity index (χ0v) is 22.2. The first-order chi connectivity index (χ1) is 19.4. The van der Waals surface area contributed by atoms with Crippen LogP contribution in [0.5, 0.6) is 0 Å². The average molecular weight is 568 g/mol. The minimum atomic E-state index is -1.14. The lowest BCUT2D eigenvalue weighted by Gasteiger charge is -2.52. The molecule has 4 aromatic carbocycles. The Labute approximate surface area is 238 Å². The van der Waals surface area contributed by atoms with Crippen LogP contribution in [0.25, 0.3) is 0 Å². The average Bonchev–Trinajstić information content (AvgIpc) is 3.24. The second-order valence-corrected chi connectivity index (χ2v) is 10.9. The maximum Gasteiger partial charge on any atom is 0.293 e. The second kappa shape index (κ2) is 8.84. The number of nitro groups is 1. The van der Waals surface area contributed by atoms with Gasteiger partial charge in [-0.25, -0.2) is 4.90 Å². The van der Waals surface area contributed by atoms with Gasteiger partial charge < -0.3 is 0 Å². The first-order valence-corrected chi connectivity index (χ1v) is 13.4. The maximum atomic E-state index is 14.4. The Kier molecular flexibility index (Phi) is 5.46. The summed E-state index contributed by atoms with van der Waals surface area (Å²) in [6, 6.07) is 26.5. The summed E-state index contributed by atoms with van der Waals surface area (Å²) in [5.41, 5.74) is 2.54. The van der Waals surface area contributed by atoms with Crippen LogP contribution < -0.4 is 4.90 Å². The van der Waals surface area contributed by atoms with Gasteiger partial charge in [-0.1, -0.05) is 89.9 Å². The molecular formula is C31H19Cl2N3O4. The van der Waals surface area contributed by atoms with E-state index in [1.54, 1.807) is 30.5 Å². The fourth-order valence-electron chi connectivity index (χ4n) is 6.86. The van der Waals surface area contributed by atoms with Gasteiger partial charge in [0.25, 0.3) is 5.69 Å². The number of aliphatic imine (C=N–C) groups is 1. The Morgan fingerprint density at radius 2 is 1.45 bits per heavy atom. The summed E-state index contributed by atoms with van der Waals surface area (Å²) in [5, 5.41) is 12.5. The molecule has 1 fully saturated rings. The fraction of sp³-hybridized carbons (Fsp3) is 0.129. The topological polar surface area (TPSA) is 92.9 Å². The molecule has 0 radical (unpaired) electrons. The van der Waals surface area contributed by atoms with Crippen LogP contribution >= 0.6 is 23.2 Å². The number of nitro benzene ring substituents is 1. The number of benzene rings is 4. The van der Waals surface area contributed by atoms with Gasteiger partial charge in [0.05, 0.1) is 37.9 Å². The lowest BCUT2D eigenvalue weighted by atomic mass is 9.47. The van der Waals surface area contributed by atoms with Crippen LogP contribution in [0.1, 0.15) is 28.2 Å². The third-order valence-electron chi connectivity index (χ3n) is 8.34. The van der Waals surface area contributed by atoms with Crippen molar-refractivity contribution in [3.8, 4) is 0 Å². The number of hydrogen-bond donors (Lipinski definition) is 0. The first-order valence-electron chi connectivity index (χ1n) is 12.7. The molecule has 9 heteroatoms. The third kappa shape index (κ3) is 3.16. The molecule has 2 amide bonds. The Morgan fingerprint density at radius 3 is 2.12 bits per heavy atom. The summed E-state index contributed by atoms with van der Waals surface area (Å²) < 4.78 is 0. The molecule has 0 spiro atoms. The number of anilines is 1.